The highest BCUT2D eigenvalue weighted by molar-refractivity contribution is 7.89. The molecule has 0 aliphatic carbocycles. The lowest BCUT2D eigenvalue weighted by Crippen LogP contribution is -2.18. The van der Waals surface area contributed by atoms with Gasteiger partial charge < -0.3 is 10.6 Å². The Labute approximate surface area is 162 Å². The van der Waals surface area contributed by atoms with Gasteiger partial charge in [0.05, 0.1) is 4.90 Å². The summed E-state index contributed by atoms with van der Waals surface area (Å²) in [4.78, 5) is 12.1. The van der Waals surface area contributed by atoms with Crippen molar-refractivity contribution in [3.63, 3.8) is 0 Å². The maximum Gasteiger partial charge on any atom is 0.267 e. The fraction of sp³-hybridized carbons (Fsp3) is 0.111. The number of sulfonamides is 1. The molecule has 0 saturated heterocycles. The van der Waals surface area contributed by atoms with Crippen LogP contribution in [-0.2, 0) is 21.2 Å². The van der Waals surface area contributed by atoms with E-state index in [9.17, 15) is 13.2 Å². The summed E-state index contributed by atoms with van der Waals surface area (Å²) in [6.45, 7) is 0.491. The Balaban J connectivity index is 1.94. The molecule has 0 atom stereocenters. The van der Waals surface area contributed by atoms with Gasteiger partial charge >= 0.3 is 0 Å². The van der Waals surface area contributed by atoms with Crippen molar-refractivity contribution in [1.29, 1.82) is 5.26 Å². The molecule has 0 aliphatic rings. The summed E-state index contributed by atoms with van der Waals surface area (Å²) in [5, 5.41) is 20.2. The predicted octanol–water partition coefficient (Wildman–Crippen LogP) is 2.17. The molecule has 2 rings (SSSR count). The Morgan fingerprint density at radius 1 is 1.19 bits per heavy atom. The van der Waals surface area contributed by atoms with Crippen LogP contribution in [0.2, 0.25) is 5.02 Å². The number of halogens is 1. The molecule has 2 aromatic carbocycles. The largest absolute Gasteiger partial charge is 0.389 e. The normalized spacial score (nSPS) is 11.5. The number of carbonyl (C=O) groups is 1. The second-order valence-electron chi connectivity index (χ2n) is 5.49. The molecule has 0 aliphatic heterocycles. The molecule has 4 N–H and O–H groups in total. The molecule has 0 radical (unpaired) electrons. The van der Waals surface area contributed by atoms with Crippen LogP contribution < -0.4 is 15.8 Å². The maximum absolute atomic E-state index is 12.1. The van der Waals surface area contributed by atoms with E-state index in [1.165, 1.54) is 30.5 Å². The first kappa shape index (κ1) is 20.5. The van der Waals surface area contributed by atoms with Crippen LogP contribution in [0.5, 0.6) is 0 Å². The van der Waals surface area contributed by atoms with Gasteiger partial charge in [-0.2, -0.15) is 5.26 Å². The van der Waals surface area contributed by atoms with E-state index in [-0.39, 0.29) is 10.5 Å². The number of nitrogens with zero attached hydrogens (tertiary/aromatic N) is 1. The molecule has 0 spiro atoms. The van der Waals surface area contributed by atoms with Crippen molar-refractivity contribution in [3.05, 3.63) is 70.9 Å². The van der Waals surface area contributed by atoms with E-state index in [4.69, 9.17) is 22.0 Å². The number of benzene rings is 2. The number of hydrogen-bond donors (Lipinski definition) is 3. The number of carbonyl (C=O) groups excluding carboxylic acids is 1. The molecule has 1 amide bonds. The summed E-state index contributed by atoms with van der Waals surface area (Å²) in [7, 11) is -3.81. The standard InChI is InChI=1S/C18H17ClN4O3S/c19-17-4-2-1-3-13(17)9-10-22-12-14(11-20)18(24)23-15-5-7-16(8-6-15)27(21,25)26/h1-8,12,22H,9-10H2,(H,23,24)(H2,21,25,26)/b14-12-. The van der Waals surface area contributed by atoms with Crippen molar-refractivity contribution in [1.82, 2.24) is 5.32 Å². The van der Waals surface area contributed by atoms with Crippen LogP contribution in [0.25, 0.3) is 0 Å². The molecule has 9 heteroatoms. The lowest BCUT2D eigenvalue weighted by molar-refractivity contribution is -0.112. The highest BCUT2D eigenvalue weighted by Gasteiger charge is 2.11. The number of nitriles is 1. The second-order valence-corrected chi connectivity index (χ2v) is 7.46. The van der Waals surface area contributed by atoms with E-state index in [1.54, 1.807) is 6.07 Å². The number of amides is 1. The molecule has 7 nitrogen and oxygen atoms in total. The Morgan fingerprint density at radius 3 is 2.44 bits per heavy atom. The summed E-state index contributed by atoms with van der Waals surface area (Å²) in [6.07, 6.45) is 1.95. The monoisotopic (exact) mass is 404 g/mol. The Bertz CT molecular complexity index is 996. The number of nitrogens with one attached hydrogen (secondary N) is 2. The summed E-state index contributed by atoms with van der Waals surface area (Å²) >= 11 is 6.07. The van der Waals surface area contributed by atoms with Gasteiger partial charge in [-0.3, -0.25) is 4.79 Å². The number of rotatable bonds is 7. The summed E-state index contributed by atoms with van der Waals surface area (Å²) in [6, 6.07) is 14.5. The minimum absolute atomic E-state index is 0.0715. The Morgan fingerprint density at radius 2 is 1.85 bits per heavy atom. The number of primary sulfonamides is 1. The Kier molecular flexibility index (Phi) is 6.96. The van der Waals surface area contributed by atoms with Crippen LogP contribution >= 0.6 is 11.6 Å². The lowest BCUT2D eigenvalue weighted by Gasteiger charge is -2.07. The van der Waals surface area contributed by atoms with Crippen LogP contribution in [0, 0.1) is 11.3 Å². The zero-order chi connectivity index (χ0) is 19.9. The van der Waals surface area contributed by atoms with Gasteiger partial charge in [0.15, 0.2) is 0 Å². The van der Waals surface area contributed by atoms with E-state index in [1.807, 2.05) is 24.3 Å². The minimum atomic E-state index is -3.81. The first-order chi connectivity index (χ1) is 12.8. The highest BCUT2D eigenvalue weighted by Crippen LogP contribution is 2.15. The summed E-state index contributed by atoms with van der Waals surface area (Å²) < 4.78 is 22.4. The van der Waals surface area contributed by atoms with Crippen molar-refractivity contribution in [3.8, 4) is 6.07 Å². The molecule has 27 heavy (non-hydrogen) atoms. The van der Waals surface area contributed by atoms with Crippen LogP contribution in [0.1, 0.15) is 5.56 Å². The number of nitrogens with two attached hydrogens (primary N) is 1. The van der Waals surface area contributed by atoms with Gasteiger partial charge in [-0.15, -0.1) is 0 Å². The van der Waals surface area contributed by atoms with Gasteiger partial charge in [0.1, 0.15) is 11.6 Å². The van der Waals surface area contributed by atoms with Crippen LogP contribution in [0.3, 0.4) is 0 Å². The topological polar surface area (TPSA) is 125 Å². The van der Waals surface area contributed by atoms with Crippen LogP contribution in [0.15, 0.2) is 65.2 Å². The van der Waals surface area contributed by atoms with Crippen molar-refractivity contribution in [2.24, 2.45) is 5.14 Å². The van der Waals surface area contributed by atoms with Crippen molar-refractivity contribution in [2.75, 3.05) is 11.9 Å². The number of hydrogen-bond acceptors (Lipinski definition) is 5. The zero-order valence-electron chi connectivity index (χ0n) is 14.1. The minimum Gasteiger partial charge on any atom is -0.389 e. The average Bonchev–Trinajstić information content (AvgIpc) is 2.62. The molecule has 2 aromatic rings. The quantitative estimate of drug-likeness (QED) is 0.370. The van der Waals surface area contributed by atoms with Gasteiger partial charge in [0.2, 0.25) is 10.0 Å². The van der Waals surface area contributed by atoms with E-state index in [2.05, 4.69) is 10.6 Å². The summed E-state index contributed by atoms with van der Waals surface area (Å²) in [5.41, 5.74) is 1.17. The first-order valence-corrected chi connectivity index (χ1v) is 9.75. The third-order valence-corrected chi connectivity index (χ3v) is 4.85. The number of anilines is 1. The van der Waals surface area contributed by atoms with Crippen LogP contribution in [-0.4, -0.2) is 20.9 Å². The fourth-order valence-corrected chi connectivity index (χ4v) is 2.90. The van der Waals surface area contributed by atoms with Crippen molar-refractivity contribution in [2.45, 2.75) is 11.3 Å². The fourth-order valence-electron chi connectivity index (χ4n) is 2.16. The van der Waals surface area contributed by atoms with E-state index in [0.717, 1.165) is 5.56 Å². The molecular formula is C18H17ClN4O3S. The molecule has 0 saturated carbocycles. The van der Waals surface area contributed by atoms with Gasteiger partial charge in [-0.25, -0.2) is 13.6 Å². The van der Waals surface area contributed by atoms with Crippen molar-refractivity contribution < 1.29 is 13.2 Å². The van der Waals surface area contributed by atoms with Crippen molar-refractivity contribution >= 4 is 33.2 Å². The average molecular weight is 405 g/mol. The molecule has 0 fully saturated rings. The van der Waals surface area contributed by atoms with Crippen LogP contribution in [0.4, 0.5) is 5.69 Å². The third kappa shape index (κ3) is 6.11. The molecule has 0 bridgehead atoms. The highest BCUT2D eigenvalue weighted by atomic mass is 35.5. The van der Waals surface area contributed by atoms with Gasteiger partial charge in [0.25, 0.3) is 5.91 Å². The van der Waals surface area contributed by atoms with Gasteiger partial charge in [-0.05, 0) is 42.3 Å². The van der Waals surface area contributed by atoms with Gasteiger partial charge in [-0.1, -0.05) is 29.8 Å². The SMILES string of the molecule is N#C/C(=C/NCCc1ccccc1Cl)C(=O)Nc1ccc(S(N)(=O)=O)cc1. The Hall–Kier alpha value is -2.86. The first-order valence-electron chi connectivity index (χ1n) is 7.82. The van der Waals surface area contributed by atoms with E-state index < -0.39 is 15.9 Å². The smallest absolute Gasteiger partial charge is 0.267 e. The van der Waals surface area contributed by atoms with E-state index in [0.29, 0.717) is 23.7 Å². The van der Waals surface area contributed by atoms with Gasteiger partial charge in [0, 0.05) is 23.5 Å². The summed E-state index contributed by atoms with van der Waals surface area (Å²) in [5.74, 6) is -0.619. The maximum atomic E-state index is 12.1. The second kappa shape index (κ2) is 9.19. The predicted molar refractivity (Wildman–Crippen MR) is 103 cm³/mol. The molecule has 140 valence electrons. The molecule has 0 aromatic heterocycles. The molecule has 0 heterocycles. The zero-order valence-corrected chi connectivity index (χ0v) is 15.7. The van der Waals surface area contributed by atoms with E-state index >= 15 is 0 Å². The lowest BCUT2D eigenvalue weighted by atomic mass is 10.1. The molecule has 0 unspecified atom stereocenters. The third-order valence-electron chi connectivity index (χ3n) is 3.55. The molecular weight excluding hydrogens is 388 g/mol.